The molecule has 0 spiro atoms. The fourth-order valence-corrected chi connectivity index (χ4v) is 2.68. The zero-order valence-electron chi connectivity index (χ0n) is 16.5. The van der Waals surface area contributed by atoms with Crippen LogP contribution in [0.1, 0.15) is 42.2 Å². The number of esters is 3. The number of hydrogen-bond acceptors (Lipinski definition) is 7. The van der Waals surface area contributed by atoms with Crippen molar-refractivity contribution in [2.24, 2.45) is 0 Å². The van der Waals surface area contributed by atoms with Gasteiger partial charge in [-0.2, -0.15) is 0 Å². The predicted molar refractivity (Wildman–Crippen MR) is 104 cm³/mol. The van der Waals surface area contributed by atoms with Crippen molar-refractivity contribution < 1.29 is 33.4 Å². The molecule has 0 aliphatic heterocycles. The van der Waals surface area contributed by atoms with Crippen molar-refractivity contribution >= 4 is 29.5 Å². The summed E-state index contributed by atoms with van der Waals surface area (Å²) in [7, 11) is 2.38. The Kier molecular flexibility index (Phi) is 7.08. The number of benzene rings is 2. The van der Waals surface area contributed by atoms with Gasteiger partial charge in [0.1, 0.15) is 0 Å². The number of ether oxygens (including phenoxy) is 3. The molecule has 2 rings (SSSR count). The minimum atomic E-state index is -0.688. The second-order valence-corrected chi connectivity index (χ2v) is 6.28. The van der Waals surface area contributed by atoms with E-state index in [1.54, 1.807) is 12.1 Å². The van der Waals surface area contributed by atoms with E-state index in [2.05, 4.69) is 14.8 Å². The maximum absolute atomic E-state index is 12.2. The van der Waals surface area contributed by atoms with E-state index in [1.807, 2.05) is 19.9 Å². The molecule has 0 unspecified atom stereocenters. The van der Waals surface area contributed by atoms with Gasteiger partial charge in [0.05, 0.1) is 30.9 Å². The fourth-order valence-electron chi connectivity index (χ4n) is 2.68. The Balaban J connectivity index is 2.10. The highest BCUT2D eigenvalue weighted by Gasteiger charge is 2.16. The van der Waals surface area contributed by atoms with Gasteiger partial charge < -0.3 is 19.5 Å². The van der Waals surface area contributed by atoms with Crippen LogP contribution in [0, 0.1) is 13.8 Å². The number of nitrogens with one attached hydrogen (secondary N) is 1. The van der Waals surface area contributed by atoms with Gasteiger partial charge in [0.25, 0.3) is 5.91 Å². The van der Waals surface area contributed by atoms with Crippen LogP contribution in [0.2, 0.25) is 0 Å². The summed E-state index contributed by atoms with van der Waals surface area (Å²) in [5.41, 5.74) is 2.40. The molecule has 0 bridgehead atoms. The molecule has 0 heterocycles. The van der Waals surface area contributed by atoms with Crippen LogP contribution in [-0.2, 0) is 19.0 Å². The molecule has 0 aliphatic carbocycles. The monoisotopic (exact) mass is 399 g/mol. The summed E-state index contributed by atoms with van der Waals surface area (Å²) in [6, 6.07) is 9.19. The summed E-state index contributed by atoms with van der Waals surface area (Å²) < 4.78 is 14.3. The Morgan fingerprint density at radius 2 is 1.21 bits per heavy atom. The molecule has 2 aromatic rings. The van der Waals surface area contributed by atoms with E-state index in [0.717, 1.165) is 11.1 Å². The number of hydrogen-bond donors (Lipinski definition) is 1. The maximum Gasteiger partial charge on any atom is 0.338 e. The van der Waals surface area contributed by atoms with Gasteiger partial charge in [-0.25, -0.2) is 14.4 Å². The van der Waals surface area contributed by atoms with E-state index in [1.165, 1.54) is 32.4 Å². The van der Waals surface area contributed by atoms with Crippen LogP contribution in [0.3, 0.4) is 0 Å². The van der Waals surface area contributed by atoms with Crippen molar-refractivity contribution in [3.63, 3.8) is 0 Å². The summed E-state index contributed by atoms with van der Waals surface area (Å²) in [4.78, 5) is 47.9. The lowest BCUT2D eigenvalue weighted by Gasteiger charge is -2.10. The van der Waals surface area contributed by atoms with E-state index >= 15 is 0 Å². The van der Waals surface area contributed by atoms with Crippen molar-refractivity contribution in [2.75, 3.05) is 26.1 Å². The van der Waals surface area contributed by atoms with E-state index in [-0.39, 0.29) is 16.8 Å². The van der Waals surface area contributed by atoms with Crippen LogP contribution in [0.25, 0.3) is 0 Å². The second kappa shape index (κ2) is 9.50. The Bertz CT molecular complexity index is 911. The van der Waals surface area contributed by atoms with Crippen LogP contribution in [-0.4, -0.2) is 44.6 Å². The molecule has 8 heteroatoms. The minimum absolute atomic E-state index is 0.0536. The van der Waals surface area contributed by atoms with Gasteiger partial charge in [-0.3, -0.25) is 4.79 Å². The normalized spacial score (nSPS) is 10.1. The number of anilines is 1. The van der Waals surface area contributed by atoms with Crippen molar-refractivity contribution in [3.05, 3.63) is 64.2 Å². The zero-order chi connectivity index (χ0) is 21.6. The molecule has 29 heavy (non-hydrogen) atoms. The van der Waals surface area contributed by atoms with Crippen molar-refractivity contribution in [1.29, 1.82) is 0 Å². The molecular formula is C21H21NO7. The van der Waals surface area contributed by atoms with E-state index in [4.69, 9.17) is 4.74 Å². The molecule has 2 aromatic carbocycles. The van der Waals surface area contributed by atoms with E-state index in [0.29, 0.717) is 5.56 Å². The van der Waals surface area contributed by atoms with E-state index in [9.17, 15) is 19.2 Å². The highest BCUT2D eigenvalue weighted by molar-refractivity contribution is 6.00. The average Bonchev–Trinajstić information content (AvgIpc) is 2.69. The molecule has 1 amide bonds. The molecular weight excluding hydrogens is 378 g/mol. The Morgan fingerprint density at radius 1 is 0.724 bits per heavy atom. The third-order valence-corrected chi connectivity index (χ3v) is 3.85. The topological polar surface area (TPSA) is 108 Å². The smallest absolute Gasteiger partial charge is 0.338 e. The average molecular weight is 399 g/mol. The lowest BCUT2D eigenvalue weighted by atomic mass is 10.1. The molecule has 0 aliphatic rings. The van der Waals surface area contributed by atoms with Crippen LogP contribution < -0.4 is 5.32 Å². The predicted octanol–water partition coefficient (Wildman–Crippen LogP) is 2.67. The number of carbonyl (C=O) groups excluding carboxylic acids is 4. The van der Waals surface area contributed by atoms with Gasteiger partial charge in [0.15, 0.2) is 6.61 Å². The van der Waals surface area contributed by atoms with E-state index < -0.39 is 30.4 Å². The summed E-state index contributed by atoms with van der Waals surface area (Å²) in [6.07, 6.45) is 0. The molecule has 8 nitrogen and oxygen atoms in total. The van der Waals surface area contributed by atoms with Crippen LogP contribution in [0.15, 0.2) is 36.4 Å². The first-order chi connectivity index (χ1) is 13.7. The lowest BCUT2D eigenvalue weighted by molar-refractivity contribution is -0.119. The second-order valence-electron chi connectivity index (χ2n) is 6.28. The SMILES string of the molecule is COC(=O)c1cc(NC(=O)COC(=O)c2cc(C)cc(C)c2)cc(C(=O)OC)c1. The summed E-state index contributed by atoms with van der Waals surface area (Å²) in [6.45, 7) is 3.16. The minimum Gasteiger partial charge on any atom is -0.465 e. The quantitative estimate of drug-likeness (QED) is 0.588. The first kappa shape index (κ1) is 21.6. The van der Waals surface area contributed by atoms with Gasteiger partial charge in [-0.15, -0.1) is 0 Å². The Hall–Kier alpha value is -3.68. The van der Waals surface area contributed by atoms with Gasteiger partial charge in [0, 0.05) is 5.69 Å². The zero-order valence-corrected chi connectivity index (χ0v) is 16.5. The van der Waals surface area contributed by atoms with Crippen molar-refractivity contribution in [2.45, 2.75) is 13.8 Å². The number of rotatable bonds is 6. The van der Waals surface area contributed by atoms with Crippen molar-refractivity contribution in [1.82, 2.24) is 0 Å². The molecule has 0 radical (unpaired) electrons. The van der Waals surface area contributed by atoms with Crippen LogP contribution >= 0.6 is 0 Å². The molecule has 1 N–H and O–H groups in total. The van der Waals surface area contributed by atoms with Gasteiger partial charge in [-0.1, -0.05) is 17.2 Å². The number of aryl methyl sites for hydroxylation is 2. The van der Waals surface area contributed by atoms with Gasteiger partial charge in [-0.05, 0) is 44.2 Å². The fraction of sp³-hybridized carbons (Fsp3) is 0.238. The summed E-state index contributed by atoms with van der Waals surface area (Å²) in [5.74, 6) is -2.65. The van der Waals surface area contributed by atoms with Crippen molar-refractivity contribution in [3.8, 4) is 0 Å². The molecule has 0 aromatic heterocycles. The summed E-state index contributed by atoms with van der Waals surface area (Å²) >= 11 is 0. The Labute approximate surface area is 167 Å². The highest BCUT2D eigenvalue weighted by Crippen LogP contribution is 2.17. The number of amides is 1. The number of carbonyl (C=O) groups is 4. The first-order valence-electron chi connectivity index (χ1n) is 8.60. The van der Waals surface area contributed by atoms with Gasteiger partial charge in [0.2, 0.25) is 0 Å². The molecule has 0 atom stereocenters. The maximum atomic E-state index is 12.2. The highest BCUT2D eigenvalue weighted by atomic mass is 16.5. The standard InChI is InChI=1S/C21H21NO7/c1-12-5-13(2)7-14(6-12)21(26)29-11-18(23)22-17-9-15(19(24)27-3)8-16(10-17)20(25)28-4/h5-10H,11H2,1-4H3,(H,22,23). The van der Waals surface area contributed by atoms with Crippen LogP contribution in [0.4, 0.5) is 5.69 Å². The molecule has 0 fully saturated rings. The first-order valence-corrected chi connectivity index (χ1v) is 8.60. The third kappa shape index (κ3) is 5.90. The van der Waals surface area contributed by atoms with Gasteiger partial charge >= 0.3 is 17.9 Å². The third-order valence-electron chi connectivity index (χ3n) is 3.85. The summed E-state index contributed by atoms with van der Waals surface area (Å²) in [5, 5.41) is 2.48. The Morgan fingerprint density at radius 3 is 1.69 bits per heavy atom. The molecule has 0 saturated heterocycles. The largest absolute Gasteiger partial charge is 0.465 e. The number of methoxy groups -OCH3 is 2. The van der Waals surface area contributed by atoms with Crippen LogP contribution in [0.5, 0.6) is 0 Å². The molecule has 152 valence electrons. The lowest BCUT2D eigenvalue weighted by Crippen LogP contribution is -2.21. The molecule has 0 saturated carbocycles.